The highest BCUT2D eigenvalue weighted by Gasteiger charge is 2.27. The summed E-state index contributed by atoms with van der Waals surface area (Å²) in [6.07, 6.45) is 8.66. The molecule has 13 heteroatoms. The monoisotopic (exact) mass is 583 g/mol. The summed E-state index contributed by atoms with van der Waals surface area (Å²) in [6, 6.07) is 7.57. The van der Waals surface area contributed by atoms with Crippen molar-refractivity contribution in [3.63, 3.8) is 0 Å². The highest BCUT2D eigenvalue weighted by molar-refractivity contribution is 5.86. The molecule has 2 amide bonds. The average molecular weight is 584 g/mol. The molecule has 2 N–H and O–H groups in total. The van der Waals surface area contributed by atoms with Crippen LogP contribution in [0.3, 0.4) is 0 Å². The van der Waals surface area contributed by atoms with Crippen LogP contribution in [0.1, 0.15) is 18.7 Å². The summed E-state index contributed by atoms with van der Waals surface area (Å²) < 4.78 is 16.5. The molecule has 3 heterocycles. The lowest BCUT2D eigenvalue weighted by molar-refractivity contribution is -0.121. The molecule has 0 spiro atoms. The first-order valence-electron chi connectivity index (χ1n) is 13.6. The van der Waals surface area contributed by atoms with Gasteiger partial charge in [0.2, 0.25) is 17.6 Å². The molecule has 5 rings (SSSR count). The van der Waals surface area contributed by atoms with E-state index in [4.69, 9.17) is 14.0 Å². The van der Waals surface area contributed by atoms with E-state index in [0.29, 0.717) is 50.1 Å². The van der Waals surface area contributed by atoms with Gasteiger partial charge in [0, 0.05) is 56.7 Å². The van der Waals surface area contributed by atoms with Gasteiger partial charge in [0.15, 0.2) is 5.82 Å². The topological polar surface area (TPSA) is 144 Å². The molecule has 3 aliphatic rings. The van der Waals surface area contributed by atoms with E-state index < -0.39 is 0 Å². The Kier molecular flexibility index (Phi) is 11.2. The summed E-state index contributed by atoms with van der Waals surface area (Å²) in [5.41, 5.74) is 1.63. The molecule has 1 aromatic carbocycles. The summed E-state index contributed by atoms with van der Waals surface area (Å²) in [6.45, 7) is 6.01. The van der Waals surface area contributed by atoms with Crippen molar-refractivity contribution in [3.05, 3.63) is 65.9 Å². The number of rotatable bonds is 13. The summed E-state index contributed by atoms with van der Waals surface area (Å²) in [4.78, 5) is 30.9. The van der Waals surface area contributed by atoms with Crippen LogP contribution in [0.2, 0.25) is 0 Å². The Morgan fingerprint density at radius 2 is 1.93 bits per heavy atom. The zero-order chi connectivity index (χ0) is 27.6. The number of hydrogen-bond donors (Lipinski definition) is 2. The maximum Gasteiger partial charge on any atom is 0.276 e. The second kappa shape index (κ2) is 15.2. The molecule has 1 fully saturated rings. The predicted molar refractivity (Wildman–Crippen MR) is 152 cm³/mol. The van der Waals surface area contributed by atoms with Gasteiger partial charge in [0.05, 0.1) is 19.1 Å². The zero-order valence-electron chi connectivity index (χ0n) is 22.7. The van der Waals surface area contributed by atoms with Crippen molar-refractivity contribution >= 4 is 24.2 Å². The normalized spacial score (nSPS) is 18.1. The zero-order valence-corrected chi connectivity index (χ0v) is 23.5. The van der Waals surface area contributed by atoms with Gasteiger partial charge in [-0.15, -0.1) is 22.6 Å². The molecule has 0 saturated carbocycles. The Morgan fingerprint density at radius 3 is 2.76 bits per heavy atom. The SMILES string of the molecule is Cl.O=C(CCc1nc(-c2ccc(OCCN3CCOCC3)cc2)no1)NCCCNC1=C2C=CC=CC2C(=O)N=N1. The summed E-state index contributed by atoms with van der Waals surface area (Å²) >= 11 is 0. The van der Waals surface area contributed by atoms with Gasteiger partial charge < -0.3 is 24.6 Å². The number of aryl methyl sites for hydroxylation is 1. The lowest BCUT2D eigenvalue weighted by Gasteiger charge is -2.26. The molecule has 218 valence electrons. The first-order valence-corrected chi connectivity index (χ1v) is 13.6. The molecule has 12 nitrogen and oxygen atoms in total. The van der Waals surface area contributed by atoms with Gasteiger partial charge in [0.1, 0.15) is 12.4 Å². The first-order chi connectivity index (χ1) is 19.7. The number of hydrogen-bond acceptors (Lipinski definition) is 10. The molecule has 41 heavy (non-hydrogen) atoms. The van der Waals surface area contributed by atoms with Crippen LogP contribution < -0.4 is 15.4 Å². The van der Waals surface area contributed by atoms with Crippen molar-refractivity contribution in [1.82, 2.24) is 25.7 Å². The first kappa shape index (κ1) is 30.1. The van der Waals surface area contributed by atoms with E-state index in [1.807, 2.05) is 48.6 Å². The van der Waals surface area contributed by atoms with Gasteiger partial charge in [0.25, 0.3) is 5.91 Å². The average Bonchev–Trinajstić information content (AvgIpc) is 3.47. The van der Waals surface area contributed by atoms with Gasteiger partial charge in [-0.05, 0) is 30.7 Å². The summed E-state index contributed by atoms with van der Waals surface area (Å²) in [5, 5.41) is 17.8. The van der Waals surface area contributed by atoms with Crippen LogP contribution in [0, 0.1) is 5.92 Å². The molecule has 2 aliphatic heterocycles. The number of amides is 2. The second-order valence-corrected chi connectivity index (χ2v) is 9.53. The molecule has 1 aliphatic carbocycles. The maximum atomic E-state index is 12.3. The molecule has 2 aromatic rings. The Hall–Kier alpha value is -3.87. The number of carbonyl (C=O) groups is 2. The van der Waals surface area contributed by atoms with Gasteiger partial charge in [-0.3, -0.25) is 14.5 Å². The third-order valence-electron chi connectivity index (χ3n) is 6.71. The number of halogens is 1. The summed E-state index contributed by atoms with van der Waals surface area (Å²) in [5.74, 6) is 1.53. The molecule has 1 aromatic heterocycles. The number of ether oxygens (including phenoxy) is 2. The maximum absolute atomic E-state index is 12.3. The predicted octanol–water partition coefficient (Wildman–Crippen LogP) is 2.84. The van der Waals surface area contributed by atoms with E-state index in [1.54, 1.807) is 0 Å². The number of benzene rings is 1. The number of fused-ring (bicyclic) bond motifs is 1. The van der Waals surface area contributed by atoms with Crippen LogP contribution in [0.4, 0.5) is 0 Å². The van der Waals surface area contributed by atoms with Crippen molar-refractivity contribution in [2.24, 2.45) is 16.1 Å². The molecule has 0 radical (unpaired) electrons. The highest BCUT2D eigenvalue weighted by atomic mass is 35.5. The molecule has 1 unspecified atom stereocenters. The van der Waals surface area contributed by atoms with Gasteiger partial charge >= 0.3 is 0 Å². The Bertz CT molecular complexity index is 1300. The number of allylic oxidation sites excluding steroid dienone is 3. The van der Waals surface area contributed by atoms with Crippen molar-refractivity contribution in [1.29, 1.82) is 0 Å². The van der Waals surface area contributed by atoms with E-state index in [1.165, 1.54) is 0 Å². The van der Waals surface area contributed by atoms with E-state index in [9.17, 15) is 9.59 Å². The van der Waals surface area contributed by atoms with Crippen molar-refractivity contribution in [2.75, 3.05) is 52.5 Å². The molecular formula is C28H34ClN7O5. The number of morpholine rings is 1. The molecule has 1 saturated heterocycles. The highest BCUT2D eigenvalue weighted by Crippen LogP contribution is 2.27. The van der Waals surface area contributed by atoms with E-state index in [0.717, 1.165) is 49.7 Å². The van der Waals surface area contributed by atoms with E-state index >= 15 is 0 Å². The number of nitrogens with zero attached hydrogens (tertiary/aromatic N) is 5. The van der Waals surface area contributed by atoms with Crippen molar-refractivity contribution < 1.29 is 23.6 Å². The van der Waals surface area contributed by atoms with E-state index in [2.05, 4.69) is 35.9 Å². The minimum Gasteiger partial charge on any atom is -0.492 e. The third kappa shape index (κ3) is 8.56. The van der Waals surface area contributed by atoms with Crippen LogP contribution in [0.5, 0.6) is 5.75 Å². The minimum absolute atomic E-state index is 0. The van der Waals surface area contributed by atoms with Gasteiger partial charge in [-0.1, -0.05) is 29.5 Å². The lowest BCUT2D eigenvalue weighted by Crippen LogP contribution is -2.38. The third-order valence-corrected chi connectivity index (χ3v) is 6.71. The molecule has 1 atom stereocenters. The summed E-state index contributed by atoms with van der Waals surface area (Å²) in [7, 11) is 0. The van der Waals surface area contributed by atoms with Crippen molar-refractivity contribution in [3.8, 4) is 17.1 Å². The number of azo groups is 1. The van der Waals surface area contributed by atoms with Crippen LogP contribution in [-0.2, 0) is 20.7 Å². The molecule has 0 bridgehead atoms. The Morgan fingerprint density at radius 1 is 1.10 bits per heavy atom. The fourth-order valence-corrected chi connectivity index (χ4v) is 4.46. The standard InChI is InChI=1S/C28H33N7O5.ClH/c36-24(29-12-3-13-30-27-22-4-1-2-5-23(22)28(37)33-32-27)10-11-25-31-26(34-40-25)20-6-8-21(9-7-20)39-19-16-35-14-17-38-18-15-35;/h1-2,4-9,23,30H,3,10-19H2,(H,29,36);1H. The lowest BCUT2D eigenvalue weighted by atomic mass is 9.93. The minimum atomic E-state index is -0.376. The second-order valence-electron chi connectivity index (χ2n) is 9.53. The van der Waals surface area contributed by atoms with Crippen molar-refractivity contribution in [2.45, 2.75) is 19.3 Å². The van der Waals surface area contributed by atoms with Gasteiger partial charge in [-0.2, -0.15) is 4.98 Å². The largest absolute Gasteiger partial charge is 0.492 e. The Balaban J connectivity index is 0.00000387. The number of aromatic nitrogens is 2. The molecular weight excluding hydrogens is 550 g/mol. The number of nitrogens with one attached hydrogen (secondary N) is 2. The fourth-order valence-electron chi connectivity index (χ4n) is 4.46. The fraction of sp³-hybridized carbons (Fsp3) is 0.429. The van der Waals surface area contributed by atoms with E-state index in [-0.39, 0.29) is 36.6 Å². The quantitative estimate of drug-likeness (QED) is 0.340. The van der Waals surface area contributed by atoms with Crippen LogP contribution >= 0.6 is 12.4 Å². The Labute approximate surface area is 244 Å². The van der Waals surface area contributed by atoms with Crippen LogP contribution in [0.25, 0.3) is 11.4 Å². The van der Waals surface area contributed by atoms with Gasteiger partial charge in [-0.25, -0.2) is 0 Å². The number of carbonyl (C=O) groups excluding carboxylic acids is 2. The smallest absolute Gasteiger partial charge is 0.276 e. The van der Waals surface area contributed by atoms with Crippen LogP contribution in [-0.4, -0.2) is 79.4 Å². The van der Waals surface area contributed by atoms with Crippen LogP contribution in [0.15, 0.2) is 74.7 Å².